The monoisotopic (exact) mass is 285 g/mol. The Labute approximate surface area is 123 Å². The van der Waals surface area contributed by atoms with Crippen molar-refractivity contribution < 1.29 is 9.21 Å². The van der Waals surface area contributed by atoms with E-state index in [1.54, 1.807) is 0 Å². The van der Waals surface area contributed by atoms with Gasteiger partial charge in [0.15, 0.2) is 12.0 Å². The maximum atomic E-state index is 12.3. The summed E-state index contributed by atoms with van der Waals surface area (Å²) in [5, 5.41) is 3.21. The Bertz CT molecular complexity index is 658. The Morgan fingerprint density at radius 3 is 3.00 bits per heavy atom. The second-order valence-corrected chi connectivity index (χ2v) is 6.14. The lowest BCUT2D eigenvalue weighted by Gasteiger charge is -2.44. The van der Waals surface area contributed by atoms with Crippen molar-refractivity contribution in [3.8, 4) is 0 Å². The molecule has 2 bridgehead atoms. The van der Waals surface area contributed by atoms with Crippen molar-refractivity contribution in [2.45, 2.75) is 25.3 Å². The number of rotatable bonds is 3. The molecule has 0 aliphatic carbocycles. The molecule has 1 amide bonds. The molecule has 21 heavy (non-hydrogen) atoms. The van der Waals surface area contributed by atoms with Gasteiger partial charge in [0.05, 0.1) is 6.42 Å². The standard InChI is InChI=1S/C16H19N3O2/c20-16(18-14-9-19-5-3-12(14)4-6-19)8-11-1-2-13-15(7-11)21-10-17-13/h1-2,7,10,12,14H,3-6,8-9H2,(H,18,20). The van der Waals surface area contributed by atoms with Crippen molar-refractivity contribution in [2.24, 2.45) is 5.92 Å². The number of aromatic nitrogens is 1. The highest BCUT2D eigenvalue weighted by molar-refractivity contribution is 5.81. The first kappa shape index (κ1) is 12.8. The number of carbonyl (C=O) groups excluding carboxylic acids is 1. The maximum Gasteiger partial charge on any atom is 0.224 e. The van der Waals surface area contributed by atoms with Crippen LogP contribution >= 0.6 is 0 Å². The lowest BCUT2D eigenvalue weighted by Crippen LogP contribution is -2.57. The molecular formula is C16H19N3O2. The lowest BCUT2D eigenvalue weighted by atomic mass is 9.84. The van der Waals surface area contributed by atoms with Gasteiger partial charge in [-0.3, -0.25) is 4.79 Å². The van der Waals surface area contributed by atoms with Crippen molar-refractivity contribution in [2.75, 3.05) is 19.6 Å². The summed E-state index contributed by atoms with van der Waals surface area (Å²) in [4.78, 5) is 18.8. The Morgan fingerprint density at radius 2 is 2.24 bits per heavy atom. The van der Waals surface area contributed by atoms with Gasteiger partial charge in [0.2, 0.25) is 5.91 Å². The normalized spacial score (nSPS) is 27.9. The minimum Gasteiger partial charge on any atom is -0.443 e. The van der Waals surface area contributed by atoms with Crippen molar-refractivity contribution in [1.82, 2.24) is 15.2 Å². The fraction of sp³-hybridized carbons (Fsp3) is 0.500. The first-order valence-electron chi connectivity index (χ1n) is 7.62. The number of nitrogens with zero attached hydrogens (tertiary/aromatic N) is 2. The molecule has 5 rings (SSSR count). The molecule has 0 saturated carbocycles. The van der Waals surface area contributed by atoms with E-state index in [4.69, 9.17) is 4.42 Å². The van der Waals surface area contributed by atoms with Crippen LogP contribution in [0.1, 0.15) is 18.4 Å². The van der Waals surface area contributed by atoms with Crippen LogP contribution in [0, 0.1) is 5.92 Å². The summed E-state index contributed by atoms with van der Waals surface area (Å²) in [6.45, 7) is 3.40. The van der Waals surface area contributed by atoms with Gasteiger partial charge in [-0.25, -0.2) is 4.98 Å². The van der Waals surface area contributed by atoms with Gasteiger partial charge in [-0.15, -0.1) is 0 Å². The van der Waals surface area contributed by atoms with Crippen LogP contribution in [0.5, 0.6) is 0 Å². The van der Waals surface area contributed by atoms with Crippen molar-refractivity contribution in [1.29, 1.82) is 0 Å². The highest BCUT2D eigenvalue weighted by Gasteiger charge is 2.34. The zero-order valence-corrected chi connectivity index (χ0v) is 11.9. The lowest BCUT2D eigenvalue weighted by molar-refractivity contribution is -0.122. The molecular weight excluding hydrogens is 266 g/mol. The van der Waals surface area contributed by atoms with E-state index in [9.17, 15) is 4.79 Å². The molecule has 0 radical (unpaired) electrons. The second-order valence-electron chi connectivity index (χ2n) is 6.14. The van der Waals surface area contributed by atoms with Crippen LogP contribution in [0.25, 0.3) is 11.1 Å². The third kappa shape index (κ3) is 2.53. The molecule has 3 aliphatic heterocycles. The van der Waals surface area contributed by atoms with E-state index in [0.717, 1.165) is 23.2 Å². The molecule has 1 N–H and O–H groups in total. The van der Waals surface area contributed by atoms with E-state index in [-0.39, 0.29) is 5.91 Å². The first-order chi connectivity index (χ1) is 10.3. The molecule has 0 spiro atoms. The summed E-state index contributed by atoms with van der Waals surface area (Å²) in [6.07, 6.45) is 4.27. The van der Waals surface area contributed by atoms with Crippen LogP contribution < -0.4 is 5.32 Å². The number of nitrogens with one attached hydrogen (secondary N) is 1. The first-order valence-corrected chi connectivity index (χ1v) is 7.62. The van der Waals surface area contributed by atoms with Crippen LogP contribution in [0.4, 0.5) is 0 Å². The van der Waals surface area contributed by atoms with E-state index in [2.05, 4.69) is 15.2 Å². The highest BCUT2D eigenvalue weighted by atomic mass is 16.3. The van der Waals surface area contributed by atoms with Gasteiger partial charge in [-0.1, -0.05) is 6.07 Å². The van der Waals surface area contributed by atoms with Crippen molar-refractivity contribution in [3.63, 3.8) is 0 Å². The van der Waals surface area contributed by atoms with Crippen LogP contribution in [-0.2, 0) is 11.2 Å². The summed E-state index contributed by atoms with van der Waals surface area (Å²) < 4.78 is 5.28. The fourth-order valence-corrected chi connectivity index (χ4v) is 3.58. The Morgan fingerprint density at radius 1 is 1.38 bits per heavy atom. The van der Waals surface area contributed by atoms with Gasteiger partial charge < -0.3 is 14.6 Å². The number of piperidine rings is 3. The molecule has 3 aliphatic rings. The minimum absolute atomic E-state index is 0.104. The fourth-order valence-electron chi connectivity index (χ4n) is 3.58. The van der Waals surface area contributed by atoms with E-state index >= 15 is 0 Å². The van der Waals surface area contributed by atoms with Crippen LogP contribution in [0.3, 0.4) is 0 Å². The molecule has 5 heteroatoms. The van der Waals surface area contributed by atoms with E-state index in [0.29, 0.717) is 18.4 Å². The number of hydrogen-bond donors (Lipinski definition) is 1. The zero-order chi connectivity index (χ0) is 14.2. The SMILES string of the molecule is O=C(Cc1ccc2ncoc2c1)NC1CN2CCC1CC2. The average Bonchev–Trinajstić information content (AvgIpc) is 2.96. The quantitative estimate of drug-likeness (QED) is 0.930. The summed E-state index contributed by atoms with van der Waals surface area (Å²) in [5.41, 5.74) is 2.54. The second kappa shape index (κ2) is 5.15. The van der Waals surface area contributed by atoms with Crippen molar-refractivity contribution >= 4 is 17.0 Å². The average molecular weight is 285 g/mol. The Balaban J connectivity index is 1.41. The minimum atomic E-state index is 0.104. The molecule has 5 nitrogen and oxygen atoms in total. The largest absolute Gasteiger partial charge is 0.443 e. The van der Waals surface area contributed by atoms with E-state index < -0.39 is 0 Å². The van der Waals surface area contributed by atoms with Gasteiger partial charge in [0, 0.05) is 12.6 Å². The van der Waals surface area contributed by atoms with Crippen molar-refractivity contribution in [3.05, 3.63) is 30.2 Å². The van der Waals surface area contributed by atoms with Crippen LogP contribution in [-0.4, -0.2) is 41.5 Å². The van der Waals surface area contributed by atoms with Gasteiger partial charge >= 0.3 is 0 Å². The predicted molar refractivity (Wildman–Crippen MR) is 78.8 cm³/mol. The Hall–Kier alpha value is -1.88. The molecule has 3 fully saturated rings. The molecule has 3 saturated heterocycles. The molecule has 1 aromatic heterocycles. The number of carbonyl (C=O) groups is 1. The smallest absolute Gasteiger partial charge is 0.224 e. The summed E-state index contributed by atoms with van der Waals surface area (Å²) in [6, 6.07) is 6.07. The molecule has 1 unspecified atom stereocenters. The summed E-state index contributed by atoms with van der Waals surface area (Å²) in [5.74, 6) is 0.767. The molecule has 1 aromatic carbocycles. The van der Waals surface area contributed by atoms with Gasteiger partial charge in [-0.2, -0.15) is 0 Å². The molecule has 110 valence electrons. The van der Waals surface area contributed by atoms with E-state index in [1.807, 2.05) is 18.2 Å². The highest BCUT2D eigenvalue weighted by Crippen LogP contribution is 2.27. The molecule has 1 atom stereocenters. The topological polar surface area (TPSA) is 58.4 Å². The molecule has 2 aromatic rings. The van der Waals surface area contributed by atoms with Gasteiger partial charge in [0.1, 0.15) is 5.52 Å². The number of fused-ring (bicyclic) bond motifs is 4. The summed E-state index contributed by atoms with van der Waals surface area (Å²) in [7, 11) is 0. The van der Waals surface area contributed by atoms with Crippen LogP contribution in [0.2, 0.25) is 0 Å². The third-order valence-electron chi connectivity index (χ3n) is 4.76. The number of amides is 1. The molecule has 4 heterocycles. The van der Waals surface area contributed by atoms with Gasteiger partial charge in [0.25, 0.3) is 0 Å². The number of hydrogen-bond acceptors (Lipinski definition) is 4. The number of oxazole rings is 1. The predicted octanol–water partition coefficient (Wildman–Crippen LogP) is 1.58. The van der Waals surface area contributed by atoms with E-state index in [1.165, 1.54) is 32.3 Å². The Kier molecular flexibility index (Phi) is 3.15. The third-order valence-corrected chi connectivity index (χ3v) is 4.76. The van der Waals surface area contributed by atoms with Gasteiger partial charge in [-0.05, 0) is 49.5 Å². The van der Waals surface area contributed by atoms with Crippen LogP contribution in [0.15, 0.2) is 29.0 Å². The number of benzene rings is 1. The maximum absolute atomic E-state index is 12.3. The summed E-state index contributed by atoms with van der Waals surface area (Å²) >= 11 is 0. The zero-order valence-electron chi connectivity index (χ0n) is 11.9.